The number of fused-ring (bicyclic) bond motifs is 2. The number of amides is 5. The van der Waals surface area contributed by atoms with Crippen molar-refractivity contribution < 1.29 is 29.0 Å². The largest absolute Gasteiger partial charge is 0.504 e. The standard InChI is InChI=1S/C25H21ClN4O7S2/c1-2-37-15-9-11(3-8-14(15)31)17-18-19(22(34)30(21(18)33)24(27)35)38-23-20(17)39-25(36)29(23)10-16(32)28-13-6-4-12(26)5-7-13/h3-9,17-19,31H,2,10H2,1H3,(H2,27,35)(H,28,32)/t17-,18+,19-/m0/s1. The third kappa shape index (κ3) is 4.77. The molecule has 0 saturated carbocycles. The number of thioether (sulfide) groups is 1. The molecular weight excluding hydrogens is 568 g/mol. The van der Waals surface area contributed by atoms with Gasteiger partial charge < -0.3 is 20.9 Å². The van der Waals surface area contributed by atoms with Crippen LogP contribution in [-0.4, -0.2) is 50.2 Å². The van der Waals surface area contributed by atoms with E-state index in [2.05, 4.69) is 5.32 Å². The highest BCUT2D eigenvalue weighted by Gasteiger charge is 2.58. The molecule has 1 aromatic heterocycles. The first-order valence-electron chi connectivity index (χ1n) is 11.7. The fourth-order valence-corrected chi connectivity index (χ4v) is 7.60. The number of halogens is 1. The molecule has 0 spiro atoms. The fourth-order valence-electron chi connectivity index (χ4n) is 4.70. The number of benzene rings is 2. The van der Waals surface area contributed by atoms with Crippen molar-refractivity contribution in [3.63, 3.8) is 0 Å². The fraction of sp³-hybridized carbons (Fsp3) is 0.240. The van der Waals surface area contributed by atoms with Crippen LogP contribution in [-0.2, 0) is 20.9 Å². The summed E-state index contributed by atoms with van der Waals surface area (Å²) in [5.74, 6) is -3.92. The second-order valence-corrected chi connectivity index (χ2v) is 11.3. The second-order valence-electron chi connectivity index (χ2n) is 8.73. The van der Waals surface area contributed by atoms with Gasteiger partial charge in [0.15, 0.2) is 11.5 Å². The average molecular weight is 589 g/mol. The van der Waals surface area contributed by atoms with Crippen LogP contribution in [0.4, 0.5) is 10.5 Å². The van der Waals surface area contributed by atoms with Crippen molar-refractivity contribution in [1.82, 2.24) is 9.47 Å². The number of hydrogen-bond donors (Lipinski definition) is 3. The summed E-state index contributed by atoms with van der Waals surface area (Å²) in [4.78, 5) is 64.9. The molecule has 14 heteroatoms. The molecule has 0 unspecified atom stereocenters. The molecule has 0 radical (unpaired) electrons. The van der Waals surface area contributed by atoms with E-state index in [9.17, 15) is 29.1 Å². The lowest BCUT2D eigenvalue weighted by Gasteiger charge is -2.31. The van der Waals surface area contributed by atoms with Gasteiger partial charge >= 0.3 is 10.9 Å². The zero-order valence-electron chi connectivity index (χ0n) is 20.3. The molecule has 11 nitrogen and oxygen atoms in total. The number of nitrogens with two attached hydrogens (primary N) is 1. The third-order valence-corrected chi connectivity index (χ3v) is 9.20. The molecular formula is C25H21ClN4O7S2. The number of aromatic nitrogens is 1. The number of anilines is 1. The maximum Gasteiger partial charge on any atom is 0.328 e. The third-order valence-electron chi connectivity index (χ3n) is 6.34. The van der Waals surface area contributed by atoms with Crippen molar-refractivity contribution in [2.45, 2.75) is 29.7 Å². The van der Waals surface area contributed by atoms with Crippen molar-refractivity contribution in [2.24, 2.45) is 11.7 Å². The number of imide groups is 3. The van der Waals surface area contributed by atoms with Crippen LogP contribution >= 0.6 is 34.7 Å². The minimum atomic E-state index is -1.19. The summed E-state index contributed by atoms with van der Waals surface area (Å²) in [7, 11) is 0. The summed E-state index contributed by atoms with van der Waals surface area (Å²) in [6, 6.07) is 9.74. The molecule has 2 aliphatic rings. The summed E-state index contributed by atoms with van der Waals surface area (Å²) < 4.78 is 6.75. The maximum absolute atomic E-state index is 13.3. The lowest BCUT2D eigenvalue weighted by Crippen LogP contribution is -2.41. The van der Waals surface area contributed by atoms with Crippen LogP contribution in [0.25, 0.3) is 0 Å². The van der Waals surface area contributed by atoms with E-state index in [1.807, 2.05) is 0 Å². The Labute approximate surface area is 234 Å². The summed E-state index contributed by atoms with van der Waals surface area (Å²) in [5, 5.41) is 12.7. The Balaban J connectivity index is 1.58. The smallest absolute Gasteiger partial charge is 0.328 e. The molecule has 5 rings (SSSR count). The molecule has 39 heavy (non-hydrogen) atoms. The molecule has 1 fully saturated rings. The molecule has 3 heterocycles. The quantitative estimate of drug-likeness (QED) is 0.370. The lowest BCUT2D eigenvalue weighted by atomic mass is 9.83. The van der Waals surface area contributed by atoms with E-state index in [-0.39, 0.29) is 24.7 Å². The van der Waals surface area contributed by atoms with E-state index in [0.717, 1.165) is 23.1 Å². The van der Waals surface area contributed by atoms with Crippen LogP contribution < -0.4 is 20.7 Å². The number of thiazole rings is 1. The molecule has 202 valence electrons. The molecule has 4 N–H and O–H groups in total. The van der Waals surface area contributed by atoms with E-state index in [1.54, 1.807) is 37.3 Å². The summed E-state index contributed by atoms with van der Waals surface area (Å²) >= 11 is 7.69. The van der Waals surface area contributed by atoms with Crippen LogP contribution in [0.5, 0.6) is 11.5 Å². The number of nitrogens with zero attached hydrogens (tertiary/aromatic N) is 2. The minimum Gasteiger partial charge on any atom is -0.504 e. The Morgan fingerprint density at radius 3 is 2.51 bits per heavy atom. The van der Waals surface area contributed by atoms with E-state index >= 15 is 0 Å². The van der Waals surface area contributed by atoms with Gasteiger partial charge in [-0.2, -0.15) is 4.90 Å². The zero-order chi connectivity index (χ0) is 28.0. The van der Waals surface area contributed by atoms with Crippen molar-refractivity contribution in [2.75, 3.05) is 11.9 Å². The number of phenols is 1. The lowest BCUT2D eigenvalue weighted by molar-refractivity contribution is -0.135. The number of nitrogens with one attached hydrogen (secondary N) is 1. The van der Waals surface area contributed by atoms with Gasteiger partial charge in [0.1, 0.15) is 11.8 Å². The number of likely N-dealkylation sites (tertiary alicyclic amines) is 1. The van der Waals surface area contributed by atoms with E-state index in [0.29, 0.717) is 31.1 Å². The highest BCUT2D eigenvalue weighted by atomic mass is 35.5. The van der Waals surface area contributed by atoms with Gasteiger partial charge in [-0.05, 0) is 48.9 Å². The molecule has 5 amide bonds. The number of rotatable bonds is 6. The van der Waals surface area contributed by atoms with Crippen LogP contribution in [0.3, 0.4) is 0 Å². The van der Waals surface area contributed by atoms with Crippen LogP contribution in [0.1, 0.15) is 23.3 Å². The van der Waals surface area contributed by atoms with Gasteiger partial charge in [0, 0.05) is 21.5 Å². The van der Waals surface area contributed by atoms with Gasteiger partial charge in [-0.3, -0.25) is 23.7 Å². The Bertz CT molecular complexity index is 1570. The molecule has 2 aliphatic heterocycles. The van der Waals surface area contributed by atoms with Crippen molar-refractivity contribution >= 4 is 64.1 Å². The SMILES string of the molecule is CCOc1cc([C@@H]2c3sc(=O)n(CC(=O)Nc4ccc(Cl)cc4)c3S[C@@H]3C(=O)N(C(N)=O)C(=O)[C@H]23)ccc1O. The topological polar surface area (TPSA) is 161 Å². The maximum atomic E-state index is 13.3. The van der Waals surface area contributed by atoms with Crippen molar-refractivity contribution in [3.05, 3.63) is 67.6 Å². The van der Waals surface area contributed by atoms with Crippen LogP contribution in [0.2, 0.25) is 5.02 Å². The highest BCUT2D eigenvalue weighted by molar-refractivity contribution is 8.00. The summed E-state index contributed by atoms with van der Waals surface area (Å²) in [6.45, 7) is 1.64. The average Bonchev–Trinajstić information content (AvgIpc) is 3.33. The molecule has 0 aliphatic carbocycles. The predicted octanol–water partition coefficient (Wildman–Crippen LogP) is 2.98. The number of carbonyl (C=O) groups excluding carboxylic acids is 4. The molecule has 0 bridgehead atoms. The van der Waals surface area contributed by atoms with Crippen molar-refractivity contribution in [1.29, 1.82) is 0 Å². The highest BCUT2D eigenvalue weighted by Crippen LogP contribution is 2.53. The van der Waals surface area contributed by atoms with E-state index in [4.69, 9.17) is 22.1 Å². The Morgan fingerprint density at radius 1 is 1.13 bits per heavy atom. The van der Waals surface area contributed by atoms with Gasteiger partial charge in [0.05, 0.1) is 17.6 Å². The number of primary amides is 1. The molecule has 3 atom stereocenters. The molecule has 3 aromatic rings. The van der Waals surface area contributed by atoms with Gasteiger partial charge in [0.25, 0.3) is 5.91 Å². The van der Waals surface area contributed by atoms with Gasteiger partial charge in [-0.1, -0.05) is 40.8 Å². The number of phenolic OH excluding ortho intramolecular Hbond substituents is 1. The zero-order valence-corrected chi connectivity index (χ0v) is 22.6. The second kappa shape index (κ2) is 10.4. The number of carbonyl (C=O) groups is 4. The first-order chi connectivity index (χ1) is 18.6. The van der Waals surface area contributed by atoms with E-state index in [1.165, 1.54) is 16.7 Å². The predicted molar refractivity (Wildman–Crippen MR) is 144 cm³/mol. The first-order valence-corrected chi connectivity index (χ1v) is 13.8. The molecule has 1 saturated heterocycles. The molecule has 2 aromatic carbocycles. The number of urea groups is 1. The van der Waals surface area contributed by atoms with Gasteiger partial charge in [-0.15, -0.1) is 0 Å². The number of ether oxygens (including phenoxy) is 1. The van der Waals surface area contributed by atoms with Gasteiger partial charge in [-0.25, -0.2) is 4.79 Å². The van der Waals surface area contributed by atoms with E-state index < -0.39 is 45.7 Å². The summed E-state index contributed by atoms with van der Waals surface area (Å²) in [6.07, 6.45) is 0. The first kappa shape index (κ1) is 26.8. The Morgan fingerprint density at radius 2 is 1.85 bits per heavy atom. The van der Waals surface area contributed by atoms with Crippen LogP contribution in [0, 0.1) is 5.92 Å². The number of hydrogen-bond acceptors (Lipinski definition) is 9. The van der Waals surface area contributed by atoms with Gasteiger partial charge in [0.2, 0.25) is 11.8 Å². The van der Waals surface area contributed by atoms with Crippen molar-refractivity contribution in [3.8, 4) is 11.5 Å². The minimum absolute atomic E-state index is 0.125. The Hall–Kier alpha value is -3.81. The normalized spacial score (nSPS) is 19.9. The monoisotopic (exact) mass is 588 g/mol. The number of aromatic hydroxyl groups is 1. The van der Waals surface area contributed by atoms with Crippen LogP contribution in [0.15, 0.2) is 52.3 Å². The Kier molecular flexibility index (Phi) is 7.14. The summed E-state index contributed by atoms with van der Waals surface area (Å²) in [5.41, 5.74) is 6.32.